The molecule has 4 aromatic carbocycles. The molecule has 0 amide bonds. The molecule has 0 spiro atoms. The van der Waals surface area contributed by atoms with Crippen LogP contribution in [-0.4, -0.2) is 35.7 Å². The maximum Gasteiger partial charge on any atom is 0.208 e. The Hall–Kier alpha value is -4.98. The summed E-state index contributed by atoms with van der Waals surface area (Å²) in [5.41, 5.74) is -0.242. The van der Waals surface area contributed by atoms with E-state index in [-0.39, 0.29) is 22.3 Å². The molecule has 0 atom stereocenters. The predicted molar refractivity (Wildman–Crippen MR) is 130 cm³/mol. The number of hydrogen-bond donors (Lipinski definition) is 7. The molecular weight excluding hydrogens is 452 g/mol. The topological polar surface area (TPSA) is 155 Å². The molecule has 0 saturated heterocycles. The molecule has 1 heterocycles. The second-order valence-electron chi connectivity index (χ2n) is 8.39. The van der Waals surface area contributed by atoms with E-state index in [2.05, 4.69) is 0 Å². The summed E-state index contributed by atoms with van der Waals surface area (Å²) >= 11 is 0. The number of hydrogen-bond acceptors (Lipinski definition) is 8. The average molecular weight is 470 g/mol. The van der Waals surface area contributed by atoms with E-state index in [9.17, 15) is 35.7 Å². The van der Waals surface area contributed by atoms with Gasteiger partial charge in [0, 0.05) is 5.56 Å². The third-order valence-corrected chi connectivity index (χ3v) is 6.44. The molecule has 0 saturated carbocycles. The highest BCUT2D eigenvalue weighted by molar-refractivity contribution is 6.16. The first-order chi connectivity index (χ1) is 16.8. The Morgan fingerprint density at radius 2 is 1.17 bits per heavy atom. The van der Waals surface area contributed by atoms with Crippen LogP contribution in [0.25, 0.3) is 43.8 Å². The van der Waals surface area contributed by atoms with Crippen molar-refractivity contribution in [1.29, 1.82) is 0 Å². The maximum atomic E-state index is 11.6. The molecule has 0 aliphatic heterocycles. The second-order valence-corrected chi connectivity index (χ2v) is 8.39. The largest absolute Gasteiger partial charge is 0.508 e. The number of aliphatic hydroxyl groups is 3. The fourth-order valence-corrected chi connectivity index (χ4v) is 4.83. The van der Waals surface area contributed by atoms with E-state index >= 15 is 0 Å². The van der Waals surface area contributed by atoms with Crippen LogP contribution in [0.4, 0.5) is 0 Å². The van der Waals surface area contributed by atoms with Crippen LogP contribution in [0.5, 0.6) is 23.0 Å². The Labute approximate surface area is 196 Å². The number of phenols is 4. The molecular formula is C27H18O8. The first-order valence-corrected chi connectivity index (χ1v) is 10.7. The van der Waals surface area contributed by atoms with Crippen LogP contribution in [-0.2, 0) is 6.42 Å². The van der Waals surface area contributed by atoms with Gasteiger partial charge in [-0.25, -0.2) is 0 Å². The van der Waals surface area contributed by atoms with Crippen molar-refractivity contribution >= 4 is 43.8 Å². The van der Waals surface area contributed by atoms with Gasteiger partial charge in [-0.2, -0.15) is 0 Å². The summed E-state index contributed by atoms with van der Waals surface area (Å²) in [6.07, 6.45) is -0.396. The standard InChI is InChI=1S/C27H18O8/c28-15-10-16-18(20-23(31)24(32)25(33)26(34)27(20)35-16)22(30)19(21(15)29)17-13-7-3-1-5-11(13)9-12-6-2-4-8-14(12)17/h1-9,28-34H,10H2. The molecule has 8 nitrogen and oxygen atoms in total. The van der Waals surface area contributed by atoms with Crippen LogP contribution in [0.2, 0.25) is 0 Å². The zero-order valence-corrected chi connectivity index (χ0v) is 17.9. The zero-order valence-electron chi connectivity index (χ0n) is 17.9. The average Bonchev–Trinajstić information content (AvgIpc) is 3.21. The molecule has 8 heteroatoms. The maximum absolute atomic E-state index is 11.6. The van der Waals surface area contributed by atoms with Crippen LogP contribution in [0, 0.1) is 0 Å². The van der Waals surface area contributed by atoms with Gasteiger partial charge in [0.1, 0.15) is 17.3 Å². The van der Waals surface area contributed by atoms with Gasteiger partial charge in [-0.15, -0.1) is 0 Å². The van der Waals surface area contributed by atoms with E-state index in [0.717, 1.165) is 10.8 Å². The Morgan fingerprint density at radius 1 is 0.600 bits per heavy atom. The lowest BCUT2D eigenvalue weighted by Crippen LogP contribution is -1.99. The molecule has 5 aromatic rings. The lowest BCUT2D eigenvalue weighted by molar-refractivity contribution is 0.325. The van der Waals surface area contributed by atoms with E-state index in [1.807, 2.05) is 42.5 Å². The van der Waals surface area contributed by atoms with Crippen molar-refractivity contribution in [3.05, 3.63) is 83.0 Å². The van der Waals surface area contributed by atoms with Crippen molar-refractivity contribution in [2.45, 2.75) is 6.42 Å². The number of fused-ring (bicyclic) bond motifs is 5. The number of allylic oxidation sites excluding steroid dienone is 2. The SMILES string of the molecule is OC1=C(O)C(c2c3ccccc3cc3ccccc23)=C(O)c2c(oc3c(O)c(O)c(O)c(O)c23)C1. The van der Waals surface area contributed by atoms with Crippen LogP contribution < -0.4 is 0 Å². The summed E-state index contributed by atoms with van der Waals surface area (Å²) < 4.78 is 5.59. The quantitative estimate of drug-likeness (QED) is 0.0911. The Balaban J connectivity index is 1.84. The number of furan rings is 1. The molecule has 7 N–H and O–H groups in total. The molecule has 6 rings (SSSR count). The van der Waals surface area contributed by atoms with Crippen molar-refractivity contribution in [2.75, 3.05) is 0 Å². The minimum absolute atomic E-state index is 0.100. The molecule has 0 unspecified atom stereocenters. The van der Waals surface area contributed by atoms with E-state index in [1.165, 1.54) is 0 Å². The van der Waals surface area contributed by atoms with Gasteiger partial charge < -0.3 is 40.2 Å². The van der Waals surface area contributed by atoms with Gasteiger partial charge in [-0.1, -0.05) is 48.5 Å². The third-order valence-electron chi connectivity index (χ3n) is 6.44. The number of aromatic hydroxyl groups is 4. The summed E-state index contributed by atoms with van der Waals surface area (Å²) in [4.78, 5) is 0. The minimum Gasteiger partial charge on any atom is -0.508 e. The van der Waals surface area contributed by atoms with Crippen molar-refractivity contribution in [3.63, 3.8) is 0 Å². The molecule has 1 aliphatic rings. The van der Waals surface area contributed by atoms with Gasteiger partial charge in [0.2, 0.25) is 17.2 Å². The van der Waals surface area contributed by atoms with Gasteiger partial charge in [-0.05, 0) is 27.6 Å². The molecule has 35 heavy (non-hydrogen) atoms. The number of aliphatic hydroxyl groups excluding tert-OH is 3. The summed E-state index contributed by atoms with van der Waals surface area (Å²) in [5.74, 6) is -5.45. The Bertz CT molecular complexity index is 1730. The molecule has 1 aliphatic carbocycles. The van der Waals surface area contributed by atoms with Crippen molar-refractivity contribution < 1.29 is 40.2 Å². The predicted octanol–water partition coefficient (Wildman–Crippen LogP) is 5.87. The first kappa shape index (κ1) is 20.6. The first-order valence-electron chi connectivity index (χ1n) is 10.7. The van der Waals surface area contributed by atoms with E-state index in [4.69, 9.17) is 4.42 Å². The molecule has 174 valence electrons. The van der Waals surface area contributed by atoms with Crippen LogP contribution in [0.3, 0.4) is 0 Å². The minimum atomic E-state index is -1.01. The van der Waals surface area contributed by atoms with Crippen LogP contribution in [0.1, 0.15) is 16.9 Å². The molecule has 1 aromatic heterocycles. The highest BCUT2D eigenvalue weighted by atomic mass is 16.4. The summed E-state index contributed by atoms with van der Waals surface area (Å²) in [6, 6.07) is 16.7. The van der Waals surface area contributed by atoms with E-state index in [0.29, 0.717) is 16.3 Å². The highest BCUT2D eigenvalue weighted by Crippen LogP contribution is 2.54. The third kappa shape index (κ3) is 2.67. The second kappa shape index (κ2) is 7.01. The van der Waals surface area contributed by atoms with Crippen LogP contribution >= 0.6 is 0 Å². The van der Waals surface area contributed by atoms with Gasteiger partial charge in [0.25, 0.3) is 0 Å². The lowest BCUT2D eigenvalue weighted by atomic mass is 9.89. The fraction of sp³-hybridized carbons (Fsp3) is 0.0370. The Kier molecular flexibility index (Phi) is 4.13. The van der Waals surface area contributed by atoms with Gasteiger partial charge in [-0.3, -0.25) is 0 Å². The Morgan fingerprint density at radius 3 is 1.80 bits per heavy atom. The molecule has 0 radical (unpaired) electrons. The molecule has 0 fully saturated rings. The van der Waals surface area contributed by atoms with Crippen molar-refractivity contribution in [1.82, 2.24) is 0 Å². The zero-order chi connectivity index (χ0) is 24.6. The monoisotopic (exact) mass is 470 g/mol. The highest BCUT2D eigenvalue weighted by Gasteiger charge is 2.34. The molecule has 0 bridgehead atoms. The smallest absolute Gasteiger partial charge is 0.208 e. The summed E-state index contributed by atoms with van der Waals surface area (Å²) in [7, 11) is 0. The number of benzene rings is 4. The van der Waals surface area contributed by atoms with Crippen molar-refractivity contribution in [2.24, 2.45) is 0 Å². The number of rotatable bonds is 1. The lowest BCUT2D eigenvalue weighted by Gasteiger charge is -2.16. The van der Waals surface area contributed by atoms with Crippen LogP contribution in [0.15, 0.2) is 70.5 Å². The van der Waals surface area contributed by atoms with Gasteiger partial charge >= 0.3 is 0 Å². The fourth-order valence-electron chi connectivity index (χ4n) is 4.83. The normalized spacial score (nSPS) is 14.2. The van der Waals surface area contributed by atoms with E-state index in [1.54, 1.807) is 12.1 Å². The summed E-state index contributed by atoms with van der Waals surface area (Å²) in [5, 5.41) is 77.2. The van der Waals surface area contributed by atoms with Gasteiger partial charge in [0.05, 0.1) is 22.9 Å². The van der Waals surface area contributed by atoms with E-state index < -0.39 is 52.3 Å². The van der Waals surface area contributed by atoms with Crippen molar-refractivity contribution in [3.8, 4) is 23.0 Å². The summed E-state index contributed by atoms with van der Waals surface area (Å²) in [6.45, 7) is 0. The van der Waals surface area contributed by atoms with Gasteiger partial charge in [0.15, 0.2) is 17.1 Å². The number of phenolic OH excluding ortho intramolecular Hbond substituents is 4.